The standard InChI is InChI=1S/C9H12N2O/c1-8(11-12)2-3-9-4-6-10-7-5-9/h4-7,12H,2-3H2,1H3/b11-8+. The Balaban J connectivity index is 2.44. The molecule has 0 aliphatic rings. The van der Waals surface area contributed by atoms with Crippen molar-refractivity contribution in [3.05, 3.63) is 30.1 Å². The second kappa shape index (κ2) is 4.49. The van der Waals surface area contributed by atoms with Crippen molar-refractivity contribution in [2.75, 3.05) is 0 Å². The predicted molar refractivity (Wildman–Crippen MR) is 47.5 cm³/mol. The van der Waals surface area contributed by atoms with E-state index in [0.717, 1.165) is 18.6 Å². The summed E-state index contributed by atoms with van der Waals surface area (Å²) in [5.41, 5.74) is 1.97. The minimum atomic E-state index is 0.756. The van der Waals surface area contributed by atoms with Gasteiger partial charge in [-0.15, -0.1) is 0 Å². The van der Waals surface area contributed by atoms with Crippen LogP contribution in [0.5, 0.6) is 0 Å². The molecule has 0 aromatic carbocycles. The van der Waals surface area contributed by atoms with E-state index in [9.17, 15) is 0 Å². The van der Waals surface area contributed by atoms with Crippen LogP contribution in [-0.2, 0) is 6.42 Å². The highest BCUT2D eigenvalue weighted by Gasteiger charge is 1.94. The maximum absolute atomic E-state index is 8.39. The van der Waals surface area contributed by atoms with E-state index in [1.54, 1.807) is 19.3 Å². The van der Waals surface area contributed by atoms with Gasteiger partial charge in [0.1, 0.15) is 0 Å². The molecule has 0 amide bonds. The molecule has 0 saturated heterocycles. The van der Waals surface area contributed by atoms with Crippen LogP contribution in [0.15, 0.2) is 29.7 Å². The zero-order chi connectivity index (χ0) is 8.81. The number of rotatable bonds is 3. The van der Waals surface area contributed by atoms with E-state index < -0.39 is 0 Å². The third kappa shape index (κ3) is 2.70. The molecule has 0 aliphatic heterocycles. The molecule has 1 N–H and O–H groups in total. The van der Waals surface area contributed by atoms with Crippen LogP contribution >= 0.6 is 0 Å². The van der Waals surface area contributed by atoms with Crippen LogP contribution in [0, 0.1) is 0 Å². The third-order valence-corrected chi connectivity index (χ3v) is 1.70. The van der Waals surface area contributed by atoms with Crippen molar-refractivity contribution in [2.24, 2.45) is 5.16 Å². The highest BCUT2D eigenvalue weighted by molar-refractivity contribution is 5.81. The van der Waals surface area contributed by atoms with Crippen LogP contribution in [0.4, 0.5) is 0 Å². The number of aryl methyl sites for hydroxylation is 1. The average molecular weight is 164 g/mol. The van der Waals surface area contributed by atoms with E-state index >= 15 is 0 Å². The molecule has 0 atom stereocenters. The van der Waals surface area contributed by atoms with E-state index in [0.29, 0.717) is 0 Å². The van der Waals surface area contributed by atoms with Crippen molar-refractivity contribution in [1.29, 1.82) is 0 Å². The lowest BCUT2D eigenvalue weighted by Gasteiger charge is -1.98. The Morgan fingerprint density at radius 1 is 1.50 bits per heavy atom. The van der Waals surface area contributed by atoms with Crippen molar-refractivity contribution in [2.45, 2.75) is 19.8 Å². The summed E-state index contributed by atoms with van der Waals surface area (Å²) in [5, 5.41) is 11.5. The predicted octanol–water partition coefficient (Wildman–Crippen LogP) is 1.86. The van der Waals surface area contributed by atoms with Crippen molar-refractivity contribution in [3.63, 3.8) is 0 Å². The number of hydrogen-bond donors (Lipinski definition) is 1. The molecular formula is C9H12N2O. The summed E-state index contributed by atoms with van der Waals surface area (Å²) in [4.78, 5) is 3.91. The van der Waals surface area contributed by atoms with Crippen molar-refractivity contribution >= 4 is 5.71 Å². The van der Waals surface area contributed by atoms with E-state index in [1.807, 2.05) is 12.1 Å². The summed E-state index contributed by atoms with van der Waals surface area (Å²) >= 11 is 0. The molecule has 0 spiro atoms. The summed E-state index contributed by atoms with van der Waals surface area (Å²) in [6.45, 7) is 1.81. The molecule has 0 unspecified atom stereocenters. The maximum atomic E-state index is 8.39. The van der Waals surface area contributed by atoms with E-state index in [1.165, 1.54) is 5.56 Å². The molecule has 1 aromatic heterocycles. The van der Waals surface area contributed by atoms with Gasteiger partial charge < -0.3 is 5.21 Å². The van der Waals surface area contributed by atoms with Crippen LogP contribution < -0.4 is 0 Å². The molecule has 0 bridgehead atoms. The van der Waals surface area contributed by atoms with Crippen LogP contribution in [0.3, 0.4) is 0 Å². The second-order valence-corrected chi connectivity index (χ2v) is 2.69. The van der Waals surface area contributed by atoms with Gasteiger partial charge in [-0.3, -0.25) is 4.98 Å². The number of hydrogen-bond acceptors (Lipinski definition) is 3. The quantitative estimate of drug-likeness (QED) is 0.421. The van der Waals surface area contributed by atoms with Crippen molar-refractivity contribution < 1.29 is 5.21 Å². The number of nitrogens with zero attached hydrogens (tertiary/aromatic N) is 2. The van der Waals surface area contributed by atoms with Gasteiger partial charge in [-0.05, 0) is 37.5 Å². The van der Waals surface area contributed by atoms with Gasteiger partial charge in [0.15, 0.2) is 0 Å². The molecule has 64 valence electrons. The fourth-order valence-electron chi connectivity index (χ4n) is 0.925. The maximum Gasteiger partial charge on any atom is 0.0543 e. The highest BCUT2D eigenvalue weighted by Crippen LogP contribution is 2.01. The van der Waals surface area contributed by atoms with Gasteiger partial charge in [0, 0.05) is 12.4 Å². The van der Waals surface area contributed by atoms with Crippen LogP contribution in [0.25, 0.3) is 0 Å². The summed E-state index contributed by atoms with van der Waals surface area (Å²) in [6, 6.07) is 3.93. The van der Waals surface area contributed by atoms with Crippen molar-refractivity contribution in [3.8, 4) is 0 Å². The van der Waals surface area contributed by atoms with Gasteiger partial charge in [0.2, 0.25) is 0 Å². The SMILES string of the molecule is C/C(CCc1ccncc1)=N\O. The minimum Gasteiger partial charge on any atom is -0.411 e. The normalized spacial score (nSPS) is 11.6. The van der Waals surface area contributed by atoms with E-state index in [2.05, 4.69) is 10.1 Å². The summed E-state index contributed by atoms with van der Waals surface area (Å²) in [7, 11) is 0. The number of pyridine rings is 1. The summed E-state index contributed by atoms with van der Waals surface area (Å²) < 4.78 is 0. The minimum absolute atomic E-state index is 0.756. The van der Waals surface area contributed by atoms with E-state index in [4.69, 9.17) is 5.21 Å². The molecule has 12 heavy (non-hydrogen) atoms. The van der Waals surface area contributed by atoms with Gasteiger partial charge in [-0.25, -0.2) is 0 Å². The lowest BCUT2D eigenvalue weighted by atomic mass is 10.1. The molecule has 0 fully saturated rings. The molecular weight excluding hydrogens is 152 g/mol. The zero-order valence-electron chi connectivity index (χ0n) is 7.07. The highest BCUT2D eigenvalue weighted by atomic mass is 16.4. The molecule has 0 saturated carbocycles. The first-order valence-corrected chi connectivity index (χ1v) is 3.89. The fraction of sp³-hybridized carbons (Fsp3) is 0.333. The lowest BCUT2D eigenvalue weighted by Crippen LogP contribution is -1.94. The Hall–Kier alpha value is -1.38. The Labute approximate surface area is 71.8 Å². The average Bonchev–Trinajstić information content (AvgIpc) is 2.16. The third-order valence-electron chi connectivity index (χ3n) is 1.70. The monoisotopic (exact) mass is 164 g/mol. The molecule has 3 heteroatoms. The van der Waals surface area contributed by atoms with Gasteiger partial charge in [0.05, 0.1) is 5.71 Å². The Morgan fingerprint density at radius 2 is 2.17 bits per heavy atom. The number of oxime groups is 1. The van der Waals surface area contributed by atoms with Gasteiger partial charge in [-0.1, -0.05) is 5.16 Å². The molecule has 1 aromatic rings. The first kappa shape index (κ1) is 8.71. The molecule has 1 heterocycles. The first-order valence-electron chi connectivity index (χ1n) is 3.89. The van der Waals surface area contributed by atoms with Gasteiger partial charge in [-0.2, -0.15) is 0 Å². The van der Waals surface area contributed by atoms with Crippen molar-refractivity contribution in [1.82, 2.24) is 4.98 Å². The smallest absolute Gasteiger partial charge is 0.0543 e. The van der Waals surface area contributed by atoms with Gasteiger partial charge in [0.25, 0.3) is 0 Å². The van der Waals surface area contributed by atoms with Crippen LogP contribution in [-0.4, -0.2) is 15.9 Å². The Bertz CT molecular complexity index is 256. The molecule has 0 aliphatic carbocycles. The Kier molecular flexibility index (Phi) is 3.26. The zero-order valence-corrected chi connectivity index (χ0v) is 7.07. The summed E-state index contributed by atoms with van der Waals surface area (Å²) in [6.07, 6.45) is 5.22. The van der Waals surface area contributed by atoms with Gasteiger partial charge >= 0.3 is 0 Å². The fourth-order valence-corrected chi connectivity index (χ4v) is 0.925. The Morgan fingerprint density at radius 3 is 2.75 bits per heavy atom. The lowest BCUT2D eigenvalue weighted by molar-refractivity contribution is 0.317. The van der Waals surface area contributed by atoms with Crippen LogP contribution in [0.1, 0.15) is 18.9 Å². The largest absolute Gasteiger partial charge is 0.411 e. The topological polar surface area (TPSA) is 45.5 Å². The molecule has 3 nitrogen and oxygen atoms in total. The molecule has 1 rings (SSSR count). The van der Waals surface area contributed by atoms with Crippen LogP contribution in [0.2, 0.25) is 0 Å². The molecule has 0 radical (unpaired) electrons. The number of aromatic nitrogens is 1. The first-order chi connectivity index (χ1) is 5.83. The van der Waals surface area contributed by atoms with E-state index in [-0.39, 0.29) is 0 Å². The summed E-state index contributed by atoms with van der Waals surface area (Å²) in [5.74, 6) is 0. The second-order valence-electron chi connectivity index (χ2n) is 2.69.